The minimum Gasteiger partial charge on any atom is -0.366 e. The maximum absolute atomic E-state index is 12.8. The molecule has 0 radical (unpaired) electrons. The van der Waals surface area contributed by atoms with Gasteiger partial charge in [0.25, 0.3) is 5.69 Å². The molecule has 2 aromatic carbocycles. The molecule has 0 bridgehead atoms. The lowest BCUT2D eigenvalue weighted by Crippen LogP contribution is -2.45. The summed E-state index contributed by atoms with van der Waals surface area (Å²) in [5, 5.41) is 14.4. The first-order valence-corrected chi connectivity index (χ1v) is 11.9. The molecule has 1 N–H and O–H groups in total. The number of carbonyl (C=O) groups excluding carboxylic acids is 1. The smallest absolute Gasteiger partial charge is 0.292 e. The van der Waals surface area contributed by atoms with Crippen LogP contribution in [0.4, 0.5) is 17.1 Å². The second-order valence-corrected chi connectivity index (χ2v) is 8.90. The van der Waals surface area contributed by atoms with Crippen molar-refractivity contribution in [3.05, 3.63) is 64.2 Å². The molecule has 2 heterocycles. The molecule has 8 heteroatoms. The number of piperazine rings is 1. The van der Waals surface area contributed by atoms with Crippen molar-refractivity contribution in [1.29, 1.82) is 0 Å². The van der Waals surface area contributed by atoms with Crippen LogP contribution in [-0.2, 0) is 11.3 Å². The summed E-state index contributed by atoms with van der Waals surface area (Å²) >= 11 is 0. The van der Waals surface area contributed by atoms with Gasteiger partial charge in [-0.3, -0.25) is 19.8 Å². The molecular formula is C25H33N5O3. The highest BCUT2D eigenvalue weighted by molar-refractivity contribution is 5.92. The second-order valence-electron chi connectivity index (χ2n) is 8.90. The normalized spacial score (nSPS) is 18.3. The number of hydrogen-bond acceptors (Lipinski definition) is 6. The van der Waals surface area contributed by atoms with Crippen LogP contribution in [0.25, 0.3) is 0 Å². The Kier molecular flexibility index (Phi) is 7.57. The van der Waals surface area contributed by atoms with E-state index in [1.165, 1.54) is 11.6 Å². The average Bonchev–Trinajstić information content (AvgIpc) is 2.86. The zero-order valence-corrected chi connectivity index (χ0v) is 19.3. The van der Waals surface area contributed by atoms with Gasteiger partial charge in [0.1, 0.15) is 5.69 Å². The van der Waals surface area contributed by atoms with Crippen molar-refractivity contribution in [2.24, 2.45) is 5.92 Å². The van der Waals surface area contributed by atoms with E-state index in [0.717, 1.165) is 45.0 Å². The van der Waals surface area contributed by atoms with Crippen LogP contribution in [0.15, 0.2) is 48.5 Å². The van der Waals surface area contributed by atoms with E-state index in [1.807, 2.05) is 23.1 Å². The number of para-hydroxylation sites is 2. The molecule has 0 unspecified atom stereocenters. The molecule has 0 saturated carbocycles. The molecule has 2 fully saturated rings. The number of nitrogens with zero attached hydrogens (tertiary/aromatic N) is 4. The van der Waals surface area contributed by atoms with Gasteiger partial charge in [-0.25, -0.2) is 0 Å². The zero-order valence-electron chi connectivity index (χ0n) is 19.3. The van der Waals surface area contributed by atoms with E-state index in [4.69, 9.17) is 0 Å². The Hall–Kier alpha value is -2.97. The van der Waals surface area contributed by atoms with Crippen LogP contribution in [0, 0.1) is 16.0 Å². The molecule has 0 atom stereocenters. The Bertz CT molecular complexity index is 949. The van der Waals surface area contributed by atoms with E-state index in [0.29, 0.717) is 31.6 Å². The Morgan fingerprint density at radius 1 is 0.970 bits per heavy atom. The fraction of sp³-hybridized carbons (Fsp3) is 0.480. The van der Waals surface area contributed by atoms with E-state index in [9.17, 15) is 14.9 Å². The first-order chi connectivity index (χ1) is 16.0. The van der Waals surface area contributed by atoms with E-state index in [-0.39, 0.29) is 22.4 Å². The van der Waals surface area contributed by atoms with Crippen LogP contribution in [-0.4, -0.2) is 66.4 Å². The highest BCUT2D eigenvalue weighted by atomic mass is 16.6. The number of piperidine rings is 1. The van der Waals surface area contributed by atoms with Crippen molar-refractivity contribution >= 4 is 23.0 Å². The highest BCUT2D eigenvalue weighted by Crippen LogP contribution is 2.31. The largest absolute Gasteiger partial charge is 0.366 e. The SMILES string of the molecule is CCN1CCN(Cc2ccc(NC(=O)C3CCN(c4ccccc4[N+](=O)[O-])CC3)cc2)CC1. The Morgan fingerprint density at radius 3 is 2.24 bits per heavy atom. The Balaban J connectivity index is 1.26. The molecule has 0 spiro atoms. The van der Waals surface area contributed by atoms with E-state index in [1.54, 1.807) is 12.1 Å². The molecule has 0 aromatic heterocycles. The molecular weight excluding hydrogens is 418 g/mol. The van der Waals surface area contributed by atoms with Crippen LogP contribution in [0.2, 0.25) is 0 Å². The minimum atomic E-state index is -0.344. The molecule has 1 amide bonds. The lowest BCUT2D eigenvalue weighted by molar-refractivity contribution is -0.384. The highest BCUT2D eigenvalue weighted by Gasteiger charge is 2.28. The summed E-state index contributed by atoms with van der Waals surface area (Å²) in [6, 6.07) is 15.0. The van der Waals surface area contributed by atoms with Crippen LogP contribution in [0.5, 0.6) is 0 Å². The van der Waals surface area contributed by atoms with Crippen LogP contribution in [0.1, 0.15) is 25.3 Å². The van der Waals surface area contributed by atoms with Crippen molar-refractivity contribution in [2.45, 2.75) is 26.3 Å². The third-order valence-electron chi connectivity index (χ3n) is 6.82. The van der Waals surface area contributed by atoms with E-state index >= 15 is 0 Å². The van der Waals surface area contributed by atoms with Gasteiger partial charge in [-0.05, 0) is 43.1 Å². The van der Waals surface area contributed by atoms with E-state index in [2.05, 4.69) is 34.2 Å². The van der Waals surface area contributed by atoms with Gasteiger partial charge in [0.15, 0.2) is 0 Å². The predicted molar refractivity (Wildman–Crippen MR) is 130 cm³/mol. The third kappa shape index (κ3) is 5.89. The monoisotopic (exact) mass is 451 g/mol. The van der Waals surface area contributed by atoms with Gasteiger partial charge in [-0.15, -0.1) is 0 Å². The topological polar surface area (TPSA) is 82.0 Å². The van der Waals surface area contributed by atoms with Crippen molar-refractivity contribution in [3.63, 3.8) is 0 Å². The first-order valence-electron chi connectivity index (χ1n) is 11.9. The number of rotatable bonds is 7. The van der Waals surface area contributed by atoms with Crippen LogP contribution in [0.3, 0.4) is 0 Å². The molecule has 176 valence electrons. The second kappa shape index (κ2) is 10.8. The Labute approximate surface area is 195 Å². The summed E-state index contributed by atoms with van der Waals surface area (Å²) in [5.74, 6) is -0.0563. The van der Waals surface area contributed by atoms with Crippen molar-refractivity contribution < 1.29 is 9.72 Å². The number of nitro benzene ring substituents is 1. The standard InChI is InChI=1S/C25H33N5O3/c1-2-27-15-17-28(18-16-27)19-20-7-9-22(10-8-20)26-25(31)21-11-13-29(14-12-21)23-5-3-4-6-24(23)30(32)33/h3-10,21H,2,11-19H2,1H3,(H,26,31). The number of carbonyl (C=O) groups is 1. The minimum absolute atomic E-state index is 0.0284. The van der Waals surface area contributed by atoms with Gasteiger partial charge in [0.2, 0.25) is 5.91 Å². The molecule has 4 rings (SSSR count). The van der Waals surface area contributed by atoms with Gasteiger partial charge in [-0.2, -0.15) is 0 Å². The number of amides is 1. The summed E-state index contributed by atoms with van der Waals surface area (Å²) in [4.78, 5) is 30.7. The fourth-order valence-corrected chi connectivity index (χ4v) is 4.73. The first kappa shape index (κ1) is 23.2. The fourth-order valence-electron chi connectivity index (χ4n) is 4.73. The third-order valence-corrected chi connectivity index (χ3v) is 6.82. The lowest BCUT2D eigenvalue weighted by atomic mass is 9.95. The summed E-state index contributed by atoms with van der Waals surface area (Å²) in [5.41, 5.74) is 2.83. The molecule has 8 nitrogen and oxygen atoms in total. The van der Waals surface area contributed by atoms with E-state index < -0.39 is 0 Å². The Morgan fingerprint density at radius 2 is 1.61 bits per heavy atom. The number of nitro groups is 1. The lowest BCUT2D eigenvalue weighted by Gasteiger charge is -2.34. The number of anilines is 2. The summed E-state index contributed by atoms with van der Waals surface area (Å²) < 4.78 is 0. The van der Waals surface area contributed by atoms with Gasteiger partial charge in [-0.1, -0.05) is 31.2 Å². The number of nitrogens with one attached hydrogen (secondary N) is 1. The summed E-state index contributed by atoms with van der Waals surface area (Å²) in [7, 11) is 0. The quantitative estimate of drug-likeness (QED) is 0.512. The van der Waals surface area contributed by atoms with Crippen molar-refractivity contribution in [2.75, 3.05) is 56.0 Å². The van der Waals surface area contributed by atoms with Crippen LogP contribution >= 0.6 is 0 Å². The van der Waals surface area contributed by atoms with Crippen molar-refractivity contribution in [1.82, 2.24) is 9.80 Å². The molecule has 0 aliphatic carbocycles. The summed E-state index contributed by atoms with van der Waals surface area (Å²) in [6.45, 7) is 9.97. The number of benzene rings is 2. The number of likely N-dealkylation sites (N-methyl/N-ethyl adjacent to an activating group) is 1. The van der Waals surface area contributed by atoms with Gasteiger partial charge in [0, 0.05) is 63.5 Å². The summed E-state index contributed by atoms with van der Waals surface area (Å²) in [6.07, 6.45) is 1.36. The van der Waals surface area contributed by atoms with Gasteiger partial charge >= 0.3 is 0 Å². The molecule has 2 aliphatic rings. The van der Waals surface area contributed by atoms with Crippen molar-refractivity contribution in [3.8, 4) is 0 Å². The zero-order chi connectivity index (χ0) is 23.2. The molecule has 33 heavy (non-hydrogen) atoms. The average molecular weight is 452 g/mol. The van der Waals surface area contributed by atoms with Crippen LogP contribution < -0.4 is 10.2 Å². The maximum Gasteiger partial charge on any atom is 0.292 e. The van der Waals surface area contributed by atoms with Gasteiger partial charge in [0.05, 0.1) is 4.92 Å². The van der Waals surface area contributed by atoms with Gasteiger partial charge < -0.3 is 15.1 Å². The number of hydrogen-bond donors (Lipinski definition) is 1. The molecule has 2 aromatic rings. The molecule has 2 saturated heterocycles. The predicted octanol–water partition coefficient (Wildman–Crippen LogP) is 3.59. The molecule has 2 aliphatic heterocycles. The maximum atomic E-state index is 12.8.